The molecule has 0 spiro atoms. The van der Waals surface area contributed by atoms with E-state index in [4.69, 9.17) is 0 Å². The van der Waals surface area contributed by atoms with Gasteiger partial charge in [-0.3, -0.25) is 4.79 Å². The van der Waals surface area contributed by atoms with E-state index in [9.17, 15) is 18.7 Å². The van der Waals surface area contributed by atoms with Gasteiger partial charge in [0.2, 0.25) is 5.91 Å². The van der Waals surface area contributed by atoms with Gasteiger partial charge < -0.3 is 10.4 Å². The van der Waals surface area contributed by atoms with Crippen molar-refractivity contribution < 1.29 is 18.7 Å². The largest absolute Gasteiger partial charge is 0.394 e. The normalized spacial score (nSPS) is 12.4. The first-order chi connectivity index (χ1) is 12.6. The number of benzene rings is 3. The third-order valence-electron chi connectivity index (χ3n) is 4.08. The first kappa shape index (κ1) is 17.8. The fraction of sp³-hybridized carbons (Fsp3) is 0.0952. The molecule has 0 heterocycles. The molecule has 0 aliphatic carbocycles. The number of carbonyl (C=O) groups is 1. The molecule has 0 aliphatic heterocycles. The Balaban J connectivity index is 1.76. The van der Waals surface area contributed by atoms with E-state index in [1.807, 2.05) is 42.5 Å². The van der Waals surface area contributed by atoms with Crippen LogP contribution < -0.4 is 5.32 Å². The lowest BCUT2D eigenvalue weighted by Gasteiger charge is -2.16. The number of fused-ring (bicyclic) bond motifs is 1. The Bertz CT molecular complexity index is 949. The van der Waals surface area contributed by atoms with Crippen molar-refractivity contribution in [2.75, 3.05) is 6.61 Å². The van der Waals surface area contributed by atoms with Crippen molar-refractivity contribution in [1.29, 1.82) is 0 Å². The van der Waals surface area contributed by atoms with E-state index in [0.29, 0.717) is 0 Å². The van der Waals surface area contributed by atoms with Crippen LogP contribution in [-0.2, 0) is 4.79 Å². The monoisotopic (exact) mass is 353 g/mol. The van der Waals surface area contributed by atoms with Gasteiger partial charge in [-0.25, -0.2) is 8.78 Å². The Morgan fingerprint density at radius 2 is 1.69 bits per heavy atom. The number of halogens is 2. The molecule has 132 valence electrons. The number of hydrogen-bond acceptors (Lipinski definition) is 2. The molecule has 0 bridgehead atoms. The summed E-state index contributed by atoms with van der Waals surface area (Å²) in [6.07, 6.45) is 2.13. The molecular weight excluding hydrogens is 336 g/mol. The Hall–Kier alpha value is -3.05. The van der Waals surface area contributed by atoms with Crippen LogP contribution in [0.4, 0.5) is 8.78 Å². The number of aliphatic hydroxyl groups is 1. The van der Waals surface area contributed by atoms with Crippen molar-refractivity contribution in [2.45, 2.75) is 6.04 Å². The van der Waals surface area contributed by atoms with Gasteiger partial charge in [0, 0.05) is 11.6 Å². The first-order valence-corrected chi connectivity index (χ1v) is 8.10. The number of carbonyl (C=O) groups excluding carboxylic acids is 1. The SMILES string of the molecule is O=C(C=Cc1c(F)cccc1F)N[C@@H](CO)c1ccc2ccccc2c1. The molecule has 0 saturated heterocycles. The second kappa shape index (κ2) is 7.89. The number of nitrogens with one attached hydrogen (secondary N) is 1. The zero-order chi connectivity index (χ0) is 18.5. The predicted octanol–water partition coefficient (Wildman–Crippen LogP) is 3.98. The fourth-order valence-corrected chi connectivity index (χ4v) is 2.71. The Kier molecular flexibility index (Phi) is 5.39. The maximum Gasteiger partial charge on any atom is 0.244 e. The highest BCUT2D eigenvalue weighted by molar-refractivity contribution is 5.92. The van der Waals surface area contributed by atoms with Gasteiger partial charge in [0.15, 0.2) is 0 Å². The summed E-state index contributed by atoms with van der Waals surface area (Å²) < 4.78 is 27.2. The molecule has 0 radical (unpaired) electrons. The van der Waals surface area contributed by atoms with E-state index in [-0.39, 0.29) is 12.2 Å². The van der Waals surface area contributed by atoms with Gasteiger partial charge in [-0.05, 0) is 40.6 Å². The molecule has 1 amide bonds. The number of rotatable bonds is 5. The van der Waals surface area contributed by atoms with Crippen LogP contribution >= 0.6 is 0 Å². The van der Waals surface area contributed by atoms with E-state index >= 15 is 0 Å². The first-order valence-electron chi connectivity index (χ1n) is 8.10. The minimum absolute atomic E-state index is 0.283. The van der Waals surface area contributed by atoms with Crippen LogP contribution in [0.25, 0.3) is 16.8 Å². The van der Waals surface area contributed by atoms with E-state index in [1.54, 1.807) is 0 Å². The molecule has 0 aromatic heterocycles. The molecule has 5 heteroatoms. The smallest absolute Gasteiger partial charge is 0.244 e. The standard InChI is InChI=1S/C21H17F2NO2/c22-18-6-3-7-19(23)17(18)10-11-21(26)24-20(13-25)16-9-8-14-4-1-2-5-15(14)12-16/h1-12,20,25H,13H2,(H,24,26)/t20-/m0/s1. The third kappa shape index (κ3) is 3.95. The topological polar surface area (TPSA) is 49.3 Å². The molecule has 3 rings (SSSR count). The Morgan fingerprint density at radius 1 is 1.00 bits per heavy atom. The molecule has 0 saturated carbocycles. The van der Waals surface area contributed by atoms with Gasteiger partial charge in [-0.2, -0.15) is 0 Å². The van der Waals surface area contributed by atoms with Crippen molar-refractivity contribution in [2.24, 2.45) is 0 Å². The Labute approximate surface area is 149 Å². The highest BCUT2D eigenvalue weighted by atomic mass is 19.1. The average Bonchev–Trinajstić information content (AvgIpc) is 2.65. The summed E-state index contributed by atoms with van der Waals surface area (Å²) in [5.74, 6) is -2.05. The van der Waals surface area contributed by atoms with Gasteiger partial charge in [0.05, 0.1) is 12.6 Å². The summed E-state index contributed by atoms with van der Waals surface area (Å²) in [6, 6.07) is 16.2. The van der Waals surface area contributed by atoms with Crippen molar-refractivity contribution in [1.82, 2.24) is 5.32 Å². The maximum atomic E-state index is 13.6. The molecule has 3 aromatic rings. The van der Waals surface area contributed by atoms with Crippen LogP contribution in [0.3, 0.4) is 0 Å². The van der Waals surface area contributed by atoms with Crippen LogP contribution in [0.5, 0.6) is 0 Å². The molecule has 0 aliphatic rings. The zero-order valence-electron chi connectivity index (χ0n) is 13.8. The van der Waals surface area contributed by atoms with Gasteiger partial charge in [0.1, 0.15) is 11.6 Å². The van der Waals surface area contributed by atoms with Crippen LogP contribution in [0.1, 0.15) is 17.2 Å². The summed E-state index contributed by atoms with van der Waals surface area (Å²) in [5.41, 5.74) is 0.457. The van der Waals surface area contributed by atoms with Crippen LogP contribution in [0.15, 0.2) is 66.7 Å². The quantitative estimate of drug-likeness (QED) is 0.682. The number of amides is 1. The van der Waals surface area contributed by atoms with Crippen molar-refractivity contribution in [3.63, 3.8) is 0 Å². The van der Waals surface area contributed by atoms with Crippen LogP contribution in [0.2, 0.25) is 0 Å². The minimum atomic E-state index is -0.748. The second-order valence-corrected chi connectivity index (χ2v) is 5.82. The lowest BCUT2D eigenvalue weighted by atomic mass is 10.0. The second-order valence-electron chi connectivity index (χ2n) is 5.82. The number of aliphatic hydroxyl groups excluding tert-OH is 1. The van der Waals surface area contributed by atoms with Crippen molar-refractivity contribution in [3.8, 4) is 0 Å². The van der Waals surface area contributed by atoms with Crippen molar-refractivity contribution in [3.05, 3.63) is 89.5 Å². The maximum absolute atomic E-state index is 13.6. The lowest BCUT2D eigenvalue weighted by molar-refractivity contribution is -0.117. The molecule has 26 heavy (non-hydrogen) atoms. The minimum Gasteiger partial charge on any atom is -0.394 e. The Morgan fingerprint density at radius 3 is 2.38 bits per heavy atom. The molecule has 3 nitrogen and oxygen atoms in total. The van der Waals surface area contributed by atoms with Crippen LogP contribution in [0, 0.1) is 11.6 Å². The lowest BCUT2D eigenvalue weighted by Crippen LogP contribution is -2.29. The van der Waals surface area contributed by atoms with E-state index in [0.717, 1.165) is 40.6 Å². The third-order valence-corrected chi connectivity index (χ3v) is 4.08. The summed E-state index contributed by atoms with van der Waals surface area (Å²) in [7, 11) is 0. The molecular formula is C21H17F2NO2. The molecule has 1 atom stereocenters. The summed E-state index contributed by atoms with van der Waals surface area (Å²) in [6.45, 7) is -0.300. The predicted molar refractivity (Wildman–Crippen MR) is 97.3 cm³/mol. The highest BCUT2D eigenvalue weighted by Gasteiger charge is 2.13. The average molecular weight is 353 g/mol. The fourth-order valence-electron chi connectivity index (χ4n) is 2.71. The van der Waals surface area contributed by atoms with Crippen LogP contribution in [-0.4, -0.2) is 17.6 Å². The van der Waals surface area contributed by atoms with E-state index < -0.39 is 23.6 Å². The van der Waals surface area contributed by atoms with Gasteiger partial charge in [-0.1, -0.05) is 42.5 Å². The van der Waals surface area contributed by atoms with Gasteiger partial charge in [-0.15, -0.1) is 0 Å². The van der Waals surface area contributed by atoms with E-state index in [1.165, 1.54) is 6.07 Å². The summed E-state index contributed by atoms with van der Waals surface area (Å²) >= 11 is 0. The van der Waals surface area contributed by atoms with Gasteiger partial charge in [0.25, 0.3) is 0 Å². The summed E-state index contributed by atoms with van der Waals surface area (Å²) in [4.78, 5) is 12.1. The molecule has 2 N–H and O–H groups in total. The zero-order valence-corrected chi connectivity index (χ0v) is 13.8. The number of hydrogen-bond donors (Lipinski definition) is 2. The summed E-state index contributed by atoms with van der Waals surface area (Å²) in [5, 5.41) is 14.3. The molecule has 0 unspecified atom stereocenters. The molecule has 3 aromatic carbocycles. The van der Waals surface area contributed by atoms with Crippen molar-refractivity contribution >= 4 is 22.8 Å². The molecule has 0 fully saturated rings. The van der Waals surface area contributed by atoms with Gasteiger partial charge >= 0.3 is 0 Å². The highest BCUT2D eigenvalue weighted by Crippen LogP contribution is 2.20. The van der Waals surface area contributed by atoms with E-state index in [2.05, 4.69) is 5.32 Å².